The summed E-state index contributed by atoms with van der Waals surface area (Å²) in [4.78, 5) is 46.9. The molecule has 0 aliphatic heterocycles. The first kappa shape index (κ1) is 59.6. The number of Topliss-reactive ketones (excluding diaryl/α,β-unsaturated/α-hetero) is 2. The van der Waals surface area contributed by atoms with Crippen molar-refractivity contribution in [3.63, 3.8) is 0 Å². The molecular formula is C46H93N5O5. The van der Waals surface area contributed by atoms with Crippen LogP contribution in [0.3, 0.4) is 0 Å². The molecule has 2 saturated carbocycles. The van der Waals surface area contributed by atoms with Gasteiger partial charge in [0.2, 0.25) is 6.41 Å². The molecule has 0 saturated heterocycles. The van der Waals surface area contributed by atoms with Gasteiger partial charge in [-0.3, -0.25) is 14.4 Å². The van der Waals surface area contributed by atoms with E-state index >= 15 is 0 Å². The number of ether oxygens (including phenoxy) is 1. The molecule has 3 amide bonds. The number of nitrogens with zero attached hydrogens (tertiary/aromatic N) is 1. The molecule has 0 heterocycles. The summed E-state index contributed by atoms with van der Waals surface area (Å²) in [6, 6.07) is -0.113. The first-order chi connectivity index (χ1) is 26.2. The largest absolute Gasteiger partial charge is 0.478 e. The molecule has 2 aliphatic carbocycles. The molecule has 10 nitrogen and oxygen atoms in total. The maximum absolute atomic E-state index is 12.2. The van der Waals surface area contributed by atoms with E-state index in [9.17, 15) is 19.2 Å². The number of ketones is 2. The summed E-state index contributed by atoms with van der Waals surface area (Å²) in [6.07, 6.45) is 7.72. The minimum atomic E-state index is -0.146. The average Bonchev–Trinajstić information content (AvgIpc) is 3.91. The first-order valence-electron chi connectivity index (χ1n) is 21.9. The Labute approximate surface area is 347 Å². The zero-order valence-corrected chi connectivity index (χ0v) is 40.0. The lowest BCUT2D eigenvalue weighted by Crippen LogP contribution is -2.51. The van der Waals surface area contributed by atoms with Crippen LogP contribution in [-0.4, -0.2) is 74.8 Å². The Morgan fingerprint density at radius 3 is 1.84 bits per heavy atom. The third-order valence-electron chi connectivity index (χ3n) is 10.2. The molecule has 0 aromatic carbocycles. The van der Waals surface area contributed by atoms with E-state index in [2.05, 4.69) is 82.9 Å². The highest BCUT2D eigenvalue weighted by Crippen LogP contribution is 2.44. The van der Waals surface area contributed by atoms with Gasteiger partial charge in [-0.1, -0.05) is 117 Å². The van der Waals surface area contributed by atoms with Crippen LogP contribution in [0.25, 0.3) is 0 Å². The van der Waals surface area contributed by atoms with Crippen LogP contribution >= 0.6 is 0 Å². The lowest BCUT2D eigenvalue weighted by molar-refractivity contribution is -0.121. The van der Waals surface area contributed by atoms with Crippen molar-refractivity contribution in [2.24, 2.45) is 46.8 Å². The van der Waals surface area contributed by atoms with Gasteiger partial charge >= 0.3 is 6.03 Å². The Morgan fingerprint density at radius 1 is 0.929 bits per heavy atom. The minimum absolute atomic E-state index is 0.0287. The summed E-state index contributed by atoms with van der Waals surface area (Å²) < 4.78 is 5.71. The molecular weight excluding hydrogens is 703 g/mol. The van der Waals surface area contributed by atoms with Crippen molar-refractivity contribution < 1.29 is 23.9 Å². The smallest absolute Gasteiger partial charge is 0.315 e. The van der Waals surface area contributed by atoms with Gasteiger partial charge in [0, 0.05) is 45.1 Å². The minimum Gasteiger partial charge on any atom is -0.478 e. The molecule has 2 fully saturated rings. The van der Waals surface area contributed by atoms with Crippen LogP contribution in [0, 0.1) is 46.8 Å². The third kappa shape index (κ3) is 28.4. The number of carbonyl (C=O) groups excluding carboxylic acids is 4. The van der Waals surface area contributed by atoms with E-state index in [0.29, 0.717) is 35.9 Å². The second kappa shape index (κ2) is 34.0. The monoisotopic (exact) mass is 796 g/mol. The molecule has 6 atom stereocenters. The normalized spacial score (nSPS) is 17.3. The lowest BCUT2D eigenvalue weighted by Gasteiger charge is -2.30. The Bertz CT molecular complexity index is 1070. The summed E-state index contributed by atoms with van der Waals surface area (Å²) in [5.74, 6) is 4.00. The number of urea groups is 1. The summed E-state index contributed by atoms with van der Waals surface area (Å²) in [5, 5.41) is 12.1. The number of rotatable bonds is 20. The molecule has 0 aromatic rings. The highest BCUT2D eigenvalue weighted by molar-refractivity contribution is 5.95. The van der Waals surface area contributed by atoms with Crippen molar-refractivity contribution in [3.8, 4) is 0 Å². The number of amides is 3. The van der Waals surface area contributed by atoms with E-state index in [4.69, 9.17) is 4.74 Å². The van der Waals surface area contributed by atoms with Crippen molar-refractivity contribution in [2.45, 2.75) is 168 Å². The number of allylic oxidation sites excluding steroid dienone is 1. The molecule has 0 aromatic heterocycles. The van der Waals surface area contributed by atoms with E-state index in [1.165, 1.54) is 19.3 Å². The van der Waals surface area contributed by atoms with E-state index in [1.807, 2.05) is 62.3 Å². The quantitative estimate of drug-likeness (QED) is 0.0549. The van der Waals surface area contributed by atoms with Crippen molar-refractivity contribution in [2.75, 3.05) is 33.8 Å². The molecule has 10 heteroatoms. The predicted octanol–water partition coefficient (Wildman–Crippen LogP) is 10.00. The molecule has 332 valence electrons. The standard InChI is InChI=1S/C19H37N3O2.C11H21NO.C10H17NO2.3C2H6/c1-13(2)17(22-18(23)21-14(3)19(5,6)7)12-24-15(4)20-11-16-9-8-10-16;1-6-10(7-8(2)3)11(13)9(4)12-5;1-7(8(2)13)10-4-9(10)5-11(3)6-12;3*1-2/h13-14,16-17,20H,4,8-12H2,1-3,5-7H3,(H2,21,22,23);8,10,12H,4,6-7H2,1-3,5H3;6-7,9-10H,4-5H2,1-3H3;3*1-2H3/t;;7?,9-,10+;;;/m..0.../s1. The zero-order chi connectivity index (χ0) is 44.8. The van der Waals surface area contributed by atoms with Crippen LogP contribution in [-0.2, 0) is 19.1 Å². The van der Waals surface area contributed by atoms with Gasteiger partial charge in [-0.15, -0.1) is 0 Å². The van der Waals surface area contributed by atoms with Crippen LogP contribution in [0.5, 0.6) is 0 Å². The number of hydrogen-bond acceptors (Lipinski definition) is 7. The van der Waals surface area contributed by atoms with Crippen molar-refractivity contribution >= 4 is 24.0 Å². The van der Waals surface area contributed by atoms with Gasteiger partial charge in [-0.2, -0.15) is 0 Å². The van der Waals surface area contributed by atoms with Gasteiger partial charge in [0.05, 0.1) is 11.7 Å². The molecule has 0 spiro atoms. The van der Waals surface area contributed by atoms with E-state index in [0.717, 1.165) is 44.7 Å². The molecule has 4 N–H and O–H groups in total. The Hall–Kier alpha value is -3.04. The average molecular weight is 796 g/mol. The number of carbonyl (C=O) groups is 4. The summed E-state index contributed by atoms with van der Waals surface area (Å²) in [6.45, 7) is 44.2. The second-order valence-corrected chi connectivity index (χ2v) is 16.4. The van der Waals surface area contributed by atoms with Crippen molar-refractivity contribution in [1.29, 1.82) is 0 Å². The fourth-order valence-electron chi connectivity index (χ4n) is 5.43. The van der Waals surface area contributed by atoms with Gasteiger partial charge in [0.25, 0.3) is 0 Å². The first-order valence-corrected chi connectivity index (χ1v) is 21.9. The Morgan fingerprint density at radius 2 is 1.46 bits per heavy atom. The fourth-order valence-corrected chi connectivity index (χ4v) is 5.43. The van der Waals surface area contributed by atoms with Gasteiger partial charge in [0.1, 0.15) is 12.4 Å². The van der Waals surface area contributed by atoms with E-state index < -0.39 is 0 Å². The highest BCUT2D eigenvalue weighted by Gasteiger charge is 2.42. The van der Waals surface area contributed by atoms with E-state index in [1.54, 1.807) is 25.9 Å². The van der Waals surface area contributed by atoms with Gasteiger partial charge in [0.15, 0.2) is 11.7 Å². The van der Waals surface area contributed by atoms with Gasteiger partial charge < -0.3 is 30.9 Å². The van der Waals surface area contributed by atoms with Crippen LogP contribution in [0.4, 0.5) is 4.79 Å². The molecule has 0 bridgehead atoms. The van der Waals surface area contributed by atoms with Crippen LogP contribution in [0.1, 0.15) is 156 Å². The van der Waals surface area contributed by atoms with Gasteiger partial charge in [-0.25, -0.2) is 4.79 Å². The molecule has 2 rings (SSSR count). The maximum Gasteiger partial charge on any atom is 0.315 e. The maximum atomic E-state index is 12.2. The third-order valence-corrected chi connectivity index (χ3v) is 10.2. The lowest BCUT2D eigenvalue weighted by atomic mass is 9.85. The summed E-state index contributed by atoms with van der Waals surface area (Å²) in [7, 11) is 3.52. The zero-order valence-electron chi connectivity index (χ0n) is 40.0. The van der Waals surface area contributed by atoms with Gasteiger partial charge in [-0.05, 0) is 87.5 Å². The summed E-state index contributed by atoms with van der Waals surface area (Å²) >= 11 is 0. The topological polar surface area (TPSA) is 129 Å². The Balaban J connectivity index is -0.000000361. The second-order valence-electron chi connectivity index (χ2n) is 16.4. The predicted molar refractivity (Wildman–Crippen MR) is 240 cm³/mol. The van der Waals surface area contributed by atoms with Crippen LogP contribution in [0.15, 0.2) is 24.7 Å². The van der Waals surface area contributed by atoms with Crippen LogP contribution < -0.4 is 21.3 Å². The summed E-state index contributed by atoms with van der Waals surface area (Å²) in [5.41, 5.74) is 0.563. The fraction of sp³-hybridized carbons (Fsp3) is 0.826. The highest BCUT2D eigenvalue weighted by atomic mass is 16.5. The molecule has 2 aliphatic rings. The number of likely N-dealkylation sites (N-methyl/N-ethyl adjacent to an activating group) is 1. The molecule has 0 radical (unpaired) electrons. The SMILES string of the molecule is C=C(NC)C(=O)C(CC)CC(C)C.C=C(NCC1CCC1)OCC(NC(=O)NC(C)C(C)(C)C)C(C)C.CC.CC.CC.CC(=O)C(C)[C@H]1C[C@H]1CN(C)C=O. The molecule has 56 heavy (non-hydrogen) atoms. The van der Waals surface area contributed by atoms with Crippen molar-refractivity contribution in [3.05, 3.63) is 24.7 Å². The van der Waals surface area contributed by atoms with Crippen LogP contribution in [0.2, 0.25) is 0 Å². The van der Waals surface area contributed by atoms with Crippen molar-refractivity contribution in [1.82, 2.24) is 26.2 Å². The molecule has 4 unspecified atom stereocenters. The number of hydrogen-bond donors (Lipinski definition) is 4. The van der Waals surface area contributed by atoms with E-state index in [-0.39, 0.29) is 52.8 Å². The Kier molecular flexibility index (Phi) is 36.3. The number of nitrogens with one attached hydrogen (secondary N) is 4.